The van der Waals surface area contributed by atoms with Crippen molar-refractivity contribution in [3.63, 3.8) is 0 Å². The summed E-state index contributed by atoms with van der Waals surface area (Å²) in [4.78, 5) is 17.8. The fourth-order valence-corrected chi connectivity index (χ4v) is 3.57. The van der Waals surface area contributed by atoms with E-state index in [0.717, 1.165) is 26.0 Å². The molecule has 0 saturated carbocycles. The Labute approximate surface area is 132 Å². The number of imidazole rings is 1. The van der Waals surface area contributed by atoms with Crippen molar-refractivity contribution in [3.8, 4) is 0 Å². The van der Waals surface area contributed by atoms with Crippen molar-refractivity contribution >= 4 is 49.3 Å². The molecule has 0 fully saturated rings. The fourth-order valence-electron chi connectivity index (χ4n) is 2.32. The maximum Gasteiger partial charge on any atom is 0.274 e. The highest BCUT2D eigenvalue weighted by molar-refractivity contribution is 9.10. The van der Waals surface area contributed by atoms with Crippen molar-refractivity contribution in [2.24, 2.45) is 0 Å². The molecular weight excluding hydrogens is 348 g/mol. The first-order chi connectivity index (χ1) is 10.2. The smallest absolute Gasteiger partial charge is 0.267 e. The number of hydrogen-bond acceptors (Lipinski definition) is 3. The van der Waals surface area contributed by atoms with Gasteiger partial charge in [-0.15, -0.1) is 0 Å². The number of halogens is 1. The minimum Gasteiger partial charge on any atom is -0.267 e. The molecule has 4 aromatic rings. The Kier molecular flexibility index (Phi) is 2.90. The lowest BCUT2D eigenvalue weighted by atomic mass is 10.2. The van der Waals surface area contributed by atoms with Crippen LogP contribution in [-0.4, -0.2) is 9.38 Å². The van der Waals surface area contributed by atoms with E-state index in [-0.39, 0.29) is 5.56 Å². The second-order valence-corrected chi connectivity index (χ2v) is 6.61. The van der Waals surface area contributed by atoms with E-state index in [1.807, 2.05) is 54.6 Å². The molecule has 0 N–H and O–H groups in total. The number of hydrogen-bond donors (Lipinski definition) is 0. The first-order valence-corrected chi connectivity index (χ1v) is 8.00. The Bertz CT molecular complexity index is 1060. The summed E-state index contributed by atoms with van der Waals surface area (Å²) in [6.45, 7) is 0. The molecule has 0 spiro atoms. The molecule has 0 saturated heterocycles. The first-order valence-electron chi connectivity index (χ1n) is 6.40. The SMILES string of the molecule is O=c1/c(=C/c2ccc(Br)cc2)sc2nc3ccccc3n12. The Hall–Kier alpha value is -1.98. The molecule has 2 heterocycles. The van der Waals surface area contributed by atoms with Gasteiger partial charge in [-0.1, -0.05) is 51.5 Å². The summed E-state index contributed by atoms with van der Waals surface area (Å²) in [5, 5.41) is 0. The quantitative estimate of drug-likeness (QED) is 0.524. The maximum atomic E-state index is 12.6. The number of para-hydroxylation sites is 2. The van der Waals surface area contributed by atoms with E-state index in [1.165, 1.54) is 11.3 Å². The summed E-state index contributed by atoms with van der Waals surface area (Å²) in [6, 6.07) is 15.6. The number of fused-ring (bicyclic) bond motifs is 3. The van der Waals surface area contributed by atoms with Crippen molar-refractivity contribution in [1.82, 2.24) is 9.38 Å². The molecule has 0 radical (unpaired) electrons. The Morgan fingerprint density at radius 1 is 1.10 bits per heavy atom. The van der Waals surface area contributed by atoms with Gasteiger partial charge in [-0.2, -0.15) is 0 Å². The first kappa shape index (κ1) is 12.7. The second kappa shape index (κ2) is 4.79. The zero-order valence-corrected chi connectivity index (χ0v) is 13.2. The third-order valence-corrected chi connectivity index (χ3v) is 4.81. The molecule has 21 heavy (non-hydrogen) atoms. The number of benzene rings is 2. The minimum atomic E-state index is -0.00776. The third-order valence-electron chi connectivity index (χ3n) is 3.31. The minimum absolute atomic E-state index is 0.00776. The van der Waals surface area contributed by atoms with Gasteiger partial charge in [0.05, 0.1) is 15.6 Å². The highest BCUT2D eigenvalue weighted by Crippen LogP contribution is 2.16. The van der Waals surface area contributed by atoms with E-state index in [9.17, 15) is 4.79 Å². The summed E-state index contributed by atoms with van der Waals surface area (Å²) < 4.78 is 3.41. The van der Waals surface area contributed by atoms with Gasteiger partial charge in [0.15, 0.2) is 4.96 Å². The lowest BCUT2D eigenvalue weighted by Gasteiger charge is -1.91. The number of aromatic nitrogens is 2. The molecule has 0 bridgehead atoms. The monoisotopic (exact) mass is 356 g/mol. The van der Waals surface area contributed by atoms with Crippen LogP contribution in [0, 0.1) is 0 Å². The van der Waals surface area contributed by atoms with Crippen molar-refractivity contribution in [2.45, 2.75) is 0 Å². The van der Waals surface area contributed by atoms with Crippen LogP contribution in [0.25, 0.3) is 22.1 Å². The van der Waals surface area contributed by atoms with Crippen LogP contribution in [0.4, 0.5) is 0 Å². The molecular formula is C16H9BrN2OS. The zero-order valence-electron chi connectivity index (χ0n) is 10.8. The Morgan fingerprint density at radius 3 is 2.67 bits per heavy atom. The van der Waals surface area contributed by atoms with E-state index in [2.05, 4.69) is 20.9 Å². The molecule has 0 aliphatic carbocycles. The van der Waals surface area contributed by atoms with Crippen LogP contribution >= 0.6 is 27.3 Å². The predicted molar refractivity (Wildman–Crippen MR) is 89.8 cm³/mol. The van der Waals surface area contributed by atoms with Gasteiger partial charge < -0.3 is 0 Å². The molecule has 0 aliphatic rings. The van der Waals surface area contributed by atoms with Gasteiger partial charge >= 0.3 is 0 Å². The average Bonchev–Trinajstić information content (AvgIpc) is 2.99. The van der Waals surface area contributed by atoms with Gasteiger partial charge in [0.2, 0.25) is 0 Å². The number of nitrogens with zero attached hydrogens (tertiary/aromatic N) is 2. The molecule has 5 heteroatoms. The van der Waals surface area contributed by atoms with Crippen LogP contribution in [0.15, 0.2) is 57.8 Å². The Morgan fingerprint density at radius 2 is 1.86 bits per heavy atom. The lowest BCUT2D eigenvalue weighted by molar-refractivity contribution is 1.19. The average molecular weight is 357 g/mol. The Balaban J connectivity index is 2.00. The third kappa shape index (κ3) is 2.09. The van der Waals surface area contributed by atoms with Crippen molar-refractivity contribution in [3.05, 3.63) is 73.5 Å². The summed E-state index contributed by atoms with van der Waals surface area (Å²) in [7, 11) is 0. The van der Waals surface area contributed by atoms with Crippen LogP contribution in [0.3, 0.4) is 0 Å². The topological polar surface area (TPSA) is 34.4 Å². The van der Waals surface area contributed by atoms with Crippen molar-refractivity contribution < 1.29 is 0 Å². The van der Waals surface area contributed by atoms with E-state index < -0.39 is 0 Å². The van der Waals surface area contributed by atoms with Gasteiger partial charge in [-0.25, -0.2) is 9.38 Å². The highest BCUT2D eigenvalue weighted by Gasteiger charge is 2.10. The highest BCUT2D eigenvalue weighted by atomic mass is 79.9. The van der Waals surface area contributed by atoms with Crippen LogP contribution < -0.4 is 10.1 Å². The van der Waals surface area contributed by atoms with Crippen LogP contribution in [0.5, 0.6) is 0 Å². The largest absolute Gasteiger partial charge is 0.274 e. The van der Waals surface area contributed by atoms with Gasteiger partial charge in [0.1, 0.15) is 0 Å². The van der Waals surface area contributed by atoms with E-state index in [4.69, 9.17) is 0 Å². The second-order valence-electron chi connectivity index (χ2n) is 4.69. The summed E-state index contributed by atoms with van der Waals surface area (Å²) in [6.07, 6.45) is 1.91. The number of rotatable bonds is 1. The molecule has 0 unspecified atom stereocenters. The lowest BCUT2D eigenvalue weighted by Crippen LogP contribution is -2.22. The van der Waals surface area contributed by atoms with Gasteiger partial charge in [0, 0.05) is 4.47 Å². The summed E-state index contributed by atoms with van der Waals surface area (Å²) in [5.41, 5.74) is 2.72. The zero-order chi connectivity index (χ0) is 14.4. The van der Waals surface area contributed by atoms with Gasteiger partial charge in [0.25, 0.3) is 5.56 Å². The van der Waals surface area contributed by atoms with E-state index in [1.54, 1.807) is 4.40 Å². The van der Waals surface area contributed by atoms with Crippen LogP contribution in [0.2, 0.25) is 0 Å². The normalized spacial score (nSPS) is 12.5. The van der Waals surface area contributed by atoms with Crippen molar-refractivity contribution in [1.29, 1.82) is 0 Å². The molecule has 102 valence electrons. The fraction of sp³-hybridized carbons (Fsp3) is 0. The molecule has 3 nitrogen and oxygen atoms in total. The molecule has 2 aromatic heterocycles. The molecule has 0 amide bonds. The number of thiazole rings is 1. The summed E-state index contributed by atoms with van der Waals surface area (Å²) >= 11 is 4.83. The standard InChI is InChI=1S/C16H9BrN2OS/c17-11-7-5-10(6-8-11)9-14-15(20)19-13-4-2-1-3-12(13)18-16(19)21-14/h1-9H/b14-9-. The predicted octanol–water partition coefficient (Wildman–Crippen LogP) is 3.22. The van der Waals surface area contributed by atoms with Gasteiger partial charge in [-0.3, -0.25) is 4.79 Å². The van der Waals surface area contributed by atoms with Crippen LogP contribution in [-0.2, 0) is 0 Å². The molecule has 0 atom stereocenters. The van der Waals surface area contributed by atoms with Crippen molar-refractivity contribution in [2.75, 3.05) is 0 Å². The molecule has 0 aliphatic heterocycles. The van der Waals surface area contributed by atoms with E-state index >= 15 is 0 Å². The van der Waals surface area contributed by atoms with Crippen LogP contribution in [0.1, 0.15) is 5.56 Å². The molecule has 4 rings (SSSR count). The van der Waals surface area contributed by atoms with Gasteiger partial charge in [-0.05, 0) is 35.9 Å². The molecule has 2 aromatic carbocycles. The summed E-state index contributed by atoms with van der Waals surface area (Å²) in [5.74, 6) is 0. The maximum absolute atomic E-state index is 12.6. The van der Waals surface area contributed by atoms with E-state index in [0.29, 0.717) is 4.53 Å².